The molecule has 0 aliphatic carbocycles. The summed E-state index contributed by atoms with van der Waals surface area (Å²) in [6.07, 6.45) is 3.55. The Kier molecular flexibility index (Phi) is 4.47. The first-order chi connectivity index (χ1) is 13.0. The zero-order valence-corrected chi connectivity index (χ0v) is 16.0. The molecular formula is C20H25N5O2. The molecule has 0 amide bonds. The van der Waals surface area contributed by atoms with Gasteiger partial charge in [-0.3, -0.25) is 9.78 Å². The average molecular weight is 367 g/mol. The minimum Gasteiger partial charge on any atom is -0.396 e. The van der Waals surface area contributed by atoms with Gasteiger partial charge in [0.2, 0.25) is 5.95 Å². The fourth-order valence-corrected chi connectivity index (χ4v) is 4.03. The minimum absolute atomic E-state index is 0.173. The number of aromatic nitrogens is 4. The predicted octanol–water partition coefficient (Wildman–Crippen LogP) is 2.24. The van der Waals surface area contributed by atoms with E-state index in [2.05, 4.69) is 52.9 Å². The number of piperidine rings is 1. The van der Waals surface area contributed by atoms with Gasteiger partial charge in [0.05, 0.1) is 5.69 Å². The Balaban J connectivity index is 1.74. The molecule has 2 N–H and O–H groups in total. The Morgan fingerprint density at radius 3 is 2.48 bits per heavy atom. The molecule has 1 aromatic carbocycles. The summed E-state index contributed by atoms with van der Waals surface area (Å²) in [5, 5.41) is 14.4. The number of hydrogen-bond acceptors (Lipinski definition) is 5. The number of anilines is 1. The quantitative estimate of drug-likeness (QED) is 0.741. The molecule has 0 saturated carbocycles. The number of aliphatic hydroxyl groups excluding tert-OH is 1. The van der Waals surface area contributed by atoms with Crippen molar-refractivity contribution in [2.75, 3.05) is 24.6 Å². The second-order valence-electron chi connectivity index (χ2n) is 7.56. The van der Waals surface area contributed by atoms with Crippen LogP contribution in [0.25, 0.3) is 16.7 Å². The number of hydrogen-bond donors (Lipinski definition) is 2. The molecule has 3 aromatic rings. The van der Waals surface area contributed by atoms with E-state index in [1.54, 1.807) is 10.9 Å². The summed E-state index contributed by atoms with van der Waals surface area (Å²) in [6.45, 7) is 7.94. The first-order valence-electron chi connectivity index (χ1n) is 9.40. The monoisotopic (exact) mass is 367 g/mol. The third kappa shape index (κ3) is 3.23. The van der Waals surface area contributed by atoms with E-state index in [4.69, 9.17) is 0 Å². The second-order valence-corrected chi connectivity index (χ2v) is 7.56. The van der Waals surface area contributed by atoms with Crippen LogP contribution < -0.4 is 10.5 Å². The van der Waals surface area contributed by atoms with Gasteiger partial charge in [-0.05, 0) is 50.7 Å². The number of H-pyrrole nitrogens is 1. The highest BCUT2D eigenvalue weighted by molar-refractivity contribution is 5.75. The molecule has 0 spiro atoms. The molecule has 7 nitrogen and oxygen atoms in total. The zero-order chi connectivity index (χ0) is 19.1. The molecular weight excluding hydrogens is 342 g/mol. The summed E-state index contributed by atoms with van der Waals surface area (Å²) < 4.78 is 1.76. The maximum absolute atomic E-state index is 12.6. The largest absolute Gasteiger partial charge is 0.396 e. The van der Waals surface area contributed by atoms with E-state index in [0.29, 0.717) is 22.9 Å². The molecule has 0 atom stereocenters. The maximum atomic E-state index is 12.6. The average Bonchev–Trinajstić information content (AvgIpc) is 3.05. The Labute approximate surface area is 157 Å². The van der Waals surface area contributed by atoms with E-state index in [0.717, 1.165) is 42.7 Å². The fourth-order valence-electron chi connectivity index (χ4n) is 4.03. The highest BCUT2D eigenvalue weighted by Gasteiger charge is 2.21. The van der Waals surface area contributed by atoms with Crippen LogP contribution in [0.2, 0.25) is 0 Å². The molecule has 1 aliphatic rings. The van der Waals surface area contributed by atoms with Gasteiger partial charge in [0.1, 0.15) is 5.39 Å². The molecule has 1 saturated heterocycles. The SMILES string of the molecule is Cc1cc(C)c(-n2cc3c(=O)[nH]c(N4CCC(CO)CC4)nc3n2)c(C)c1. The van der Waals surface area contributed by atoms with Crippen molar-refractivity contribution in [3.63, 3.8) is 0 Å². The molecule has 1 aliphatic heterocycles. The third-order valence-corrected chi connectivity index (χ3v) is 5.41. The van der Waals surface area contributed by atoms with Gasteiger partial charge >= 0.3 is 0 Å². The van der Waals surface area contributed by atoms with Crippen LogP contribution in [0.5, 0.6) is 0 Å². The predicted molar refractivity (Wildman–Crippen MR) is 106 cm³/mol. The molecule has 1 fully saturated rings. The van der Waals surface area contributed by atoms with Crippen LogP contribution in [0.15, 0.2) is 23.1 Å². The smallest absolute Gasteiger partial charge is 0.263 e. The van der Waals surface area contributed by atoms with E-state index >= 15 is 0 Å². The summed E-state index contributed by atoms with van der Waals surface area (Å²) >= 11 is 0. The second kappa shape index (κ2) is 6.81. The van der Waals surface area contributed by atoms with Crippen molar-refractivity contribution in [2.45, 2.75) is 33.6 Å². The molecule has 2 aromatic heterocycles. The van der Waals surface area contributed by atoms with Crippen molar-refractivity contribution in [1.82, 2.24) is 19.7 Å². The fraction of sp³-hybridized carbons (Fsp3) is 0.450. The van der Waals surface area contributed by atoms with Crippen molar-refractivity contribution in [2.24, 2.45) is 5.92 Å². The Morgan fingerprint density at radius 2 is 1.85 bits per heavy atom. The van der Waals surface area contributed by atoms with Crippen molar-refractivity contribution >= 4 is 17.0 Å². The number of nitrogens with one attached hydrogen (secondary N) is 1. The van der Waals surface area contributed by atoms with Gasteiger partial charge in [-0.15, -0.1) is 5.10 Å². The first kappa shape index (κ1) is 17.7. The molecule has 0 unspecified atom stereocenters. The molecule has 4 rings (SSSR count). The molecule has 142 valence electrons. The topological polar surface area (TPSA) is 87.0 Å². The molecule has 0 radical (unpaired) electrons. The van der Waals surface area contributed by atoms with Crippen LogP contribution in [0.1, 0.15) is 29.5 Å². The van der Waals surface area contributed by atoms with Gasteiger partial charge in [0.25, 0.3) is 5.56 Å². The van der Waals surface area contributed by atoms with E-state index in [1.807, 2.05) is 0 Å². The molecule has 3 heterocycles. The normalized spacial score (nSPS) is 15.6. The summed E-state index contributed by atoms with van der Waals surface area (Å²) in [6, 6.07) is 4.23. The van der Waals surface area contributed by atoms with Crippen LogP contribution in [0.4, 0.5) is 5.95 Å². The lowest BCUT2D eigenvalue weighted by Gasteiger charge is -2.31. The zero-order valence-electron chi connectivity index (χ0n) is 16.0. The Morgan fingerprint density at radius 1 is 1.19 bits per heavy atom. The Hall–Kier alpha value is -2.67. The van der Waals surface area contributed by atoms with E-state index in [1.165, 1.54) is 5.56 Å². The Bertz CT molecular complexity index is 1020. The van der Waals surface area contributed by atoms with E-state index in [-0.39, 0.29) is 12.2 Å². The van der Waals surface area contributed by atoms with Crippen molar-refractivity contribution in [3.8, 4) is 5.69 Å². The highest BCUT2D eigenvalue weighted by atomic mass is 16.3. The molecule has 7 heteroatoms. The third-order valence-electron chi connectivity index (χ3n) is 5.41. The lowest BCUT2D eigenvalue weighted by atomic mass is 9.98. The van der Waals surface area contributed by atoms with E-state index < -0.39 is 0 Å². The van der Waals surface area contributed by atoms with Gasteiger partial charge in [-0.1, -0.05) is 17.7 Å². The number of aliphatic hydroxyl groups is 1. The number of fused-ring (bicyclic) bond motifs is 1. The van der Waals surface area contributed by atoms with Gasteiger partial charge in [0, 0.05) is 25.9 Å². The summed E-state index contributed by atoms with van der Waals surface area (Å²) in [7, 11) is 0. The van der Waals surface area contributed by atoms with Crippen LogP contribution >= 0.6 is 0 Å². The molecule has 0 bridgehead atoms. The van der Waals surface area contributed by atoms with Crippen molar-refractivity contribution < 1.29 is 5.11 Å². The lowest BCUT2D eigenvalue weighted by molar-refractivity contribution is 0.202. The van der Waals surface area contributed by atoms with Gasteiger partial charge < -0.3 is 10.0 Å². The maximum Gasteiger partial charge on any atom is 0.263 e. The standard InChI is InChI=1S/C20H25N5O2/c1-12-8-13(2)17(14(3)9-12)25-10-16-18(23-25)21-20(22-19(16)27)24-6-4-15(11-26)5-7-24/h8-10,15,26H,4-7,11H2,1-3H3,(H,21,22,23,27). The number of rotatable bonds is 3. The number of nitrogens with zero attached hydrogens (tertiary/aromatic N) is 4. The van der Waals surface area contributed by atoms with E-state index in [9.17, 15) is 9.90 Å². The van der Waals surface area contributed by atoms with Crippen molar-refractivity contribution in [1.29, 1.82) is 0 Å². The van der Waals surface area contributed by atoms with Gasteiger partial charge in [-0.2, -0.15) is 4.98 Å². The summed E-state index contributed by atoms with van der Waals surface area (Å²) in [4.78, 5) is 22.2. The van der Waals surface area contributed by atoms with Crippen LogP contribution in [-0.2, 0) is 0 Å². The number of benzene rings is 1. The first-order valence-corrected chi connectivity index (χ1v) is 9.40. The summed E-state index contributed by atoms with van der Waals surface area (Å²) in [5.74, 6) is 0.898. The van der Waals surface area contributed by atoms with Crippen molar-refractivity contribution in [3.05, 3.63) is 45.4 Å². The summed E-state index contributed by atoms with van der Waals surface area (Å²) in [5.41, 5.74) is 4.70. The number of aromatic amines is 1. The minimum atomic E-state index is -0.173. The van der Waals surface area contributed by atoms with Crippen LogP contribution in [-0.4, -0.2) is 44.6 Å². The van der Waals surface area contributed by atoms with Gasteiger partial charge in [0.15, 0.2) is 5.65 Å². The van der Waals surface area contributed by atoms with Crippen LogP contribution in [0.3, 0.4) is 0 Å². The van der Waals surface area contributed by atoms with Gasteiger partial charge in [-0.25, -0.2) is 4.68 Å². The highest BCUT2D eigenvalue weighted by Crippen LogP contribution is 2.23. The molecule has 27 heavy (non-hydrogen) atoms. The number of aryl methyl sites for hydroxylation is 3. The van der Waals surface area contributed by atoms with Crippen LogP contribution in [0, 0.1) is 26.7 Å². The lowest BCUT2D eigenvalue weighted by Crippen LogP contribution is -2.36.